The fraction of sp³-hybridized carbons (Fsp3) is 0.0455. The van der Waals surface area contributed by atoms with Gasteiger partial charge in [0.2, 0.25) is 0 Å². The van der Waals surface area contributed by atoms with Gasteiger partial charge in [0, 0.05) is 11.1 Å². The maximum Gasteiger partial charge on any atom is 0.255 e. The summed E-state index contributed by atoms with van der Waals surface area (Å²) in [5, 5.41) is 20.6. The van der Waals surface area contributed by atoms with E-state index in [0.717, 1.165) is 0 Å². The zero-order valence-electron chi connectivity index (χ0n) is 16.5. The summed E-state index contributed by atoms with van der Waals surface area (Å²) in [6.45, 7) is 0. The Morgan fingerprint density at radius 2 is 1.55 bits per heavy atom. The highest BCUT2D eigenvalue weighted by Gasteiger charge is 2.22. The van der Waals surface area contributed by atoms with Gasteiger partial charge >= 0.3 is 0 Å². The Morgan fingerprint density at radius 3 is 2.16 bits per heavy atom. The molecule has 160 valence electrons. The number of anilines is 2. The third-order valence-electron chi connectivity index (χ3n) is 4.50. The summed E-state index contributed by atoms with van der Waals surface area (Å²) in [6, 6.07) is 15.4. The molecule has 0 radical (unpaired) electrons. The van der Waals surface area contributed by atoms with Crippen LogP contribution in [-0.2, 0) is 0 Å². The summed E-state index contributed by atoms with van der Waals surface area (Å²) in [7, 11) is 1.52. The topological polar surface area (TPSA) is 152 Å². The van der Waals surface area contributed by atoms with E-state index in [1.54, 1.807) is 36.4 Å². The summed E-state index contributed by atoms with van der Waals surface area (Å²) in [4.78, 5) is 25.8. The van der Waals surface area contributed by atoms with E-state index in [0.29, 0.717) is 11.3 Å². The lowest BCUT2D eigenvalue weighted by Crippen LogP contribution is -2.17. The third kappa shape index (κ3) is 4.76. The zero-order chi connectivity index (χ0) is 21.8. The molecule has 0 atom stereocenters. The van der Waals surface area contributed by atoms with Gasteiger partial charge in [-0.3, -0.25) is 15.0 Å². The van der Waals surface area contributed by atoms with Crippen molar-refractivity contribution in [3.05, 3.63) is 82.9 Å². The lowest BCUT2D eigenvalue weighted by atomic mass is 9.97. The van der Waals surface area contributed by atoms with Crippen LogP contribution in [0.15, 0.2) is 60.7 Å². The van der Waals surface area contributed by atoms with Crippen LogP contribution in [-0.4, -0.2) is 29.7 Å². The molecule has 0 aliphatic rings. The number of carbonyl (C=O) groups is 2. The number of phenolic OH excluding ortho intramolecular Hbond substituents is 1. The van der Waals surface area contributed by atoms with Crippen molar-refractivity contribution in [2.45, 2.75) is 0 Å². The molecule has 0 spiro atoms. The molecule has 0 aromatic heterocycles. The Balaban J connectivity index is 0.00000341. The molecule has 1 amide bonds. The lowest BCUT2D eigenvalue weighted by Gasteiger charge is -2.14. The first kappa shape index (κ1) is 23.2. The van der Waals surface area contributed by atoms with E-state index >= 15 is 0 Å². The summed E-state index contributed by atoms with van der Waals surface area (Å²) in [5.74, 6) is -1.23. The first-order valence-electron chi connectivity index (χ1n) is 8.88. The van der Waals surface area contributed by atoms with E-state index < -0.39 is 17.4 Å². The molecule has 8 nitrogen and oxygen atoms in total. The smallest absolute Gasteiger partial charge is 0.255 e. The van der Waals surface area contributed by atoms with Crippen molar-refractivity contribution >= 4 is 41.3 Å². The summed E-state index contributed by atoms with van der Waals surface area (Å²) in [6.07, 6.45) is 0. The second-order valence-electron chi connectivity index (χ2n) is 6.40. The number of amidine groups is 1. The van der Waals surface area contributed by atoms with Crippen LogP contribution in [0.5, 0.6) is 11.5 Å². The van der Waals surface area contributed by atoms with E-state index in [4.69, 9.17) is 21.6 Å². The van der Waals surface area contributed by atoms with Crippen LogP contribution in [0, 0.1) is 5.41 Å². The molecule has 31 heavy (non-hydrogen) atoms. The summed E-state index contributed by atoms with van der Waals surface area (Å²) in [5.41, 5.74) is 12.2. The van der Waals surface area contributed by atoms with Gasteiger partial charge in [0.05, 0.1) is 29.6 Å². The molecule has 0 unspecified atom stereocenters. The molecule has 0 aliphatic carbocycles. The van der Waals surface area contributed by atoms with Crippen LogP contribution in [0.3, 0.4) is 0 Å². The number of nitrogen functional groups attached to an aromatic ring is 2. The molecule has 9 heteroatoms. The van der Waals surface area contributed by atoms with Crippen LogP contribution in [0.4, 0.5) is 11.4 Å². The molecular formula is C22H21ClN4O4. The molecule has 0 saturated carbocycles. The predicted octanol–water partition coefficient (Wildman–Crippen LogP) is 3.17. The minimum atomic E-state index is -0.576. The van der Waals surface area contributed by atoms with Gasteiger partial charge in [-0.25, -0.2) is 0 Å². The quantitative estimate of drug-likeness (QED) is 0.172. The van der Waals surface area contributed by atoms with Crippen molar-refractivity contribution in [1.29, 1.82) is 5.41 Å². The molecule has 0 aliphatic heterocycles. The molecule has 0 bridgehead atoms. The number of para-hydroxylation sites is 2. The number of nitrogens with two attached hydrogens (primary N) is 2. The molecule has 3 aromatic carbocycles. The molecular weight excluding hydrogens is 420 g/mol. The van der Waals surface area contributed by atoms with Crippen molar-refractivity contribution in [1.82, 2.24) is 0 Å². The predicted molar refractivity (Wildman–Crippen MR) is 122 cm³/mol. The standard InChI is InChI=1S/C22H20N4O4.ClH/c1-30-13-10-8-12(9-11-13)22(29)26-18-14(4-3-7-17(18)23)19(27)15-5-2-6-16(20(15)28)21(24)25;/h2-11,28H,23H2,1H3,(H3,24,25)(H,26,29);1H. The summed E-state index contributed by atoms with van der Waals surface area (Å²) >= 11 is 0. The Bertz CT molecular complexity index is 1150. The van der Waals surface area contributed by atoms with Gasteiger partial charge in [-0.15, -0.1) is 12.4 Å². The monoisotopic (exact) mass is 440 g/mol. The van der Waals surface area contributed by atoms with E-state index in [-0.39, 0.29) is 46.3 Å². The highest BCUT2D eigenvalue weighted by Crippen LogP contribution is 2.30. The Morgan fingerprint density at radius 1 is 0.968 bits per heavy atom. The van der Waals surface area contributed by atoms with Crippen molar-refractivity contribution in [3.63, 3.8) is 0 Å². The number of aromatic hydroxyl groups is 1. The van der Waals surface area contributed by atoms with E-state index in [1.165, 1.54) is 31.4 Å². The summed E-state index contributed by atoms with van der Waals surface area (Å²) < 4.78 is 5.08. The maximum atomic E-state index is 13.1. The van der Waals surface area contributed by atoms with Crippen molar-refractivity contribution < 1.29 is 19.4 Å². The number of hydrogen-bond acceptors (Lipinski definition) is 6. The Kier molecular flexibility index (Phi) is 7.23. The van der Waals surface area contributed by atoms with E-state index in [9.17, 15) is 14.7 Å². The normalized spacial score (nSPS) is 9.97. The van der Waals surface area contributed by atoms with Crippen LogP contribution < -0.4 is 21.5 Å². The van der Waals surface area contributed by atoms with Gasteiger partial charge in [0.1, 0.15) is 17.3 Å². The van der Waals surface area contributed by atoms with Crippen molar-refractivity contribution in [3.8, 4) is 11.5 Å². The number of hydrogen-bond donors (Lipinski definition) is 5. The van der Waals surface area contributed by atoms with Gasteiger partial charge < -0.3 is 26.6 Å². The SMILES string of the molecule is COc1ccc(C(=O)Nc2c(N)cccc2C(=O)c2cccc(C(=N)N)c2O)cc1.Cl. The average Bonchev–Trinajstić information content (AvgIpc) is 2.74. The fourth-order valence-corrected chi connectivity index (χ4v) is 2.92. The molecule has 3 rings (SSSR count). The number of amides is 1. The van der Waals surface area contributed by atoms with Crippen molar-refractivity contribution in [2.75, 3.05) is 18.2 Å². The van der Waals surface area contributed by atoms with Crippen LogP contribution in [0.1, 0.15) is 31.8 Å². The third-order valence-corrected chi connectivity index (χ3v) is 4.50. The van der Waals surface area contributed by atoms with E-state index in [2.05, 4.69) is 5.32 Å². The molecule has 0 heterocycles. The molecule has 3 aromatic rings. The van der Waals surface area contributed by atoms with E-state index in [1.807, 2.05) is 0 Å². The number of methoxy groups -OCH3 is 1. The number of halogens is 1. The Labute approximate surface area is 184 Å². The van der Waals surface area contributed by atoms with Crippen LogP contribution in [0.2, 0.25) is 0 Å². The van der Waals surface area contributed by atoms with Crippen LogP contribution in [0.25, 0.3) is 0 Å². The largest absolute Gasteiger partial charge is 0.506 e. The second-order valence-corrected chi connectivity index (χ2v) is 6.40. The van der Waals surface area contributed by atoms with Gasteiger partial charge in [-0.1, -0.05) is 12.1 Å². The highest BCUT2D eigenvalue weighted by molar-refractivity contribution is 6.19. The maximum absolute atomic E-state index is 13.1. The van der Waals surface area contributed by atoms with Gasteiger partial charge in [-0.05, 0) is 48.5 Å². The number of nitrogens with one attached hydrogen (secondary N) is 2. The fourth-order valence-electron chi connectivity index (χ4n) is 2.92. The number of rotatable bonds is 6. The van der Waals surface area contributed by atoms with Crippen LogP contribution >= 0.6 is 12.4 Å². The molecule has 0 fully saturated rings. The number of carbonyl (C=O) groups excluding carboxylic acids is 2. The number of phenols is 1. The minimum absolute atomic E-state index is 0. The minimum Gasteiger partial charge on any atom is -0.506 e. The highest BCUT2D eigenvalue weighted by atomic mass is 35.5. The van der Waals surface area contributed by atoms with Gasteiger partial charge in [-0.2, -0.15) is 0 Å². The second kappa shape index (κ2) is 9.64. The van der Waals surface area contributed by atoms with Crippen molar-refractivity contribution in [2.24, 2.45) is 5.73 Å². The molecule has 7 N–H and O–H groups in total. The average molecular weight is 441 g/mol. The Hall–Kier alpha value is -4.04. The number of benzene rings is 3. The number of ether oxygens (including phenoxy) is 1. The first-order valence-corrected chi connectivity index (χ1v) is 8.88. The lowest BCUT2D eigenvalue weighted by molar-refractivity contribution is 0.102. The molecule has 0 saturated heterocycles. The first-order chi connectivity index (χ1) is 14.3. The number of ketones is 1. The zero-order valence-corrected chi connectivity index (χ0v) is 17.3. The van der Waals surface area contributed by atoms with Gasteiger partial charge in [0.15, 0.2) is 5.78 Å². The van der Waals surface area contributed by atoms with Gasteiger partial charge in [0.25, 0.3) is 5.91 Å².